The molecule has 0 spiro atoms. The Morgan fingerprint density at radius 2 is 1.91 bits per heavy atom. The van der Waals surface area contributed by atoms with E-state index >= 15 is 0 Å². The summed E-state index contributed by atoms with van der Waals surface area (Å²) >= 11 is 0. The van der Waals surface area contributed by atoms with E-state index in [0.717, 1.165) is 28.6 Å². The number of fused-ring (bicyclic) bond motifs is 1. The number of hydrogen-bond donors (Lipinski definition) is 1. The quantitative estimate of drug-likeness (QED) is 0.719. The minimum Gasteiger partial charge on any atom is -0.491 e. The van der Waals surface area contributed by atoms with Gasteiger partial charge in [0.1, 0.15) is 18.1 Å². The monoisotopic (exact) mass is 321 g/mol. The molecule has 23 heavy (non-hydrogen) atoms. The van der Waals surface area contributed by atoms with Crippen molar-refractivity contribution >= 4 is 16.9 Å². The van der Waals surface area contributed by atoms with Crippen LogP contribution < -0.4 is 4.74 Å². The maximum Gasteiger partial charge on any atom is 0.352 e. The number of aromatic nitrogens is 1. The maximum absolute atomic E-state index is 11.3. The number of methoxy groups -OCH3 is 1. The zero-order valence-corrected chi connectivity index (χ0v) is 13.8. The standard InChI is InChI=1S/C17H23NO5/c1-4-12-9-14(23-8-7-22-6-5-21-3)10-13-11-15(17(19)20)18(2)16(12)13/h9-11H,4-8H2,1-3H3,(H,19,20). The van der Waals surface area contributed by atoms with Crippen molar-refractivity contribution in [2.45, 2.75) is 13.3 Å². The van der Waals surface area contributed by atoms with E-state index in [0.29, 0.717) is 26.4 Å². The molecule has 126 valence electrons. The number of rotatable bonds is 9. The van der Waals surface area contributed by atoms with Crippen LogP contribution in [-0.4, -0.2) is 49.2 Å². The summed E-state index contributed by atoms with van der Waals surface area (Å²) in [4.78, 5) is 11.3. The van der Waals surface area contributed by atoms with Gasteiger partial charge in [-0.2, -0.15) is 0 Å². The Morgan fingerprint density at radius 3 is 2.57 bits per heavy atom. The largest absolute Gasteiger partial charge is 0.491 e. The van der Waals surface area contributed by atoms with Gasteiger partial charge < -0.3 is 23.9 Å². The van der Waals surface area contributed by atoms with Gasteiger partial charge >= 0.3 is 5.97 Å². The molecule has 0 unspecified atom stereocenters. The fraction of sp³-hybridized carbons (Fsp3) is 0.471. The summed E-state index contributed by atoms with van der Waals surface area (Å²) in [7, 11) is 3.40. The van der Waals surface area contributed by atoms with Gasteiger partial charge in [-0.05, 0) is 30.2 Å². The Balaban J connectivity index is 2.14. The van der Waals surface area contributed by atoms with Gasteiger partial charge in [0.05, 0.1) is 25.3 Å². The number of nitrogens with zero attached hydrogens (tertiary/aromatic N) is 1. The average Bonchev–Trinajstić information content (AvgIpc) is 2.87. The Kier molecular flexibility index (Phi) is 6.01. The SMILES string of the molecule is CCc1cc(OCCOCCOC)cc2cc(C(=O)O)n(C)c12. The van der Waals surface area contributed by atoms with Gasteiger partial charge in [-0.3, -0.25) is 0 Å². The molecule has 0 atom stereocenters. The van der Waals surface area contributed by atoms with Crippen molar-refractivity contribution in [2.75, 3.05) is 33.5 Å². The van der Waals surface area contributed by atoms with Gasteiger partial charge in [-0.1, -0.05) is 6.92 Å². The van der Waals surface area contributed by atoms with Crippen molar-refractivity contribution in [3.05, 3.63) is 29.5 Å². The first-order chi connectivity index (χ1) is 11.1. The van der Waals surface area contributed by atoms with E-state index in [-0.39, 0.29) is 5.69 Å². The Bertz CT molecular complexity index is 677. The van der Waals surface area contributed by atoms with E-state index in [1.807, 2.05) is 19.1 Å². The number of carboxylic acid groups (broad SMARTS) is 1. The summed E-state index contributed by atoms with van der Waals surface area (Å²) in [5.74, 6) is -0.202. The first-order valence-electron chi connectivity index (χ1n) is 7.63. The molecule has 0 amide bonds. The van der Waals surface area contributed by atoms with E-state index in [9.17, 15) is 9.90 Å². The molecule has 6 heteroatoms. The van der Waals surface area contributed by atoms with Crippen LogP contribution in [0.15, 0.2) is 18.2 Å². The molecule has 0 aliphatic heterocycles. The smallest absolute Gasteiger partial charge is 0.352 e. The summed E-state index contributed by atoms with van der Waals surface area (Å²) in [6.45, 7) is 4.07. The molecular weight excluding hydrogens is 298 g/mol. The number of benzene rings is 1. The van der Waals surface area contributed by atoms with Gasteiger partial charge in [0, 0.05) is 19.5 Å². The van der Waals surface area contributed by atoms with Crippen molar-refractivity contribution in [3.8, 4) is 5.75 Å². The number of aromatic carboxylic acids is 1. The van der Waals surface area contributed by atoms with Crippen LogP contribution in [0.5, 0.6) is 5.75 Å². The predicted octanol–water partition coefficient (Wildman–Crippen LogP) is 2.48. The van der Waals surface area contributed by atoms with Crippen LogP contribution in [0, 0.1) is 0 Å². The van der Waals surface area contributed by atoms with Crippen molar-refractivity contribution in [1.82, 2.24) is 4.57 Å². The third-order valence-corrected chi connectivity index (χ3v) is 3.71. The second-order valence-corrected chi connectivity index (χ2v) is 5.22. The number of aryl methyl sites for hydroxylation is 2. The highest BCUT2D eigenvalue weighted by molar-refractivity contribution is 5.96. The Hall–Kier alpha value is -2.05. The van der Waals surface area contributed by atoms with Crippen molar-refractivity contribution in [3.63, 3.8) is 0 Å². The molecule has 1 aromatic heterocycles. The Morgan fingerprint density at radius 1 is 1.17 bits per heavy atom. The van der Waals surface area contributed by atoms with Gasteiger partial charge in [-0.25, -0.2) is 4.79 Å². The predicted molar refractivity (Wildman–Crippen MR) is 87.4 cm³/mol. The third-order valence-electron chi connectivity index (χ3n) is 3.71. The van der Waals surface area contributed by atoms with Crippen molar-refractivity contribution in [2.24, 2.45) is 7.05 Å². The summed E-state index contributed by atoms with van der Waals surface area (Å²) in [6.07, 6.45) is 0.801. The van der Waals surface area contributed by atoms with E-state index in [2.05, 4.69) is 0 Å². The molecule has 0 fully saturated rings. The minimum atomic E-state index is -0.931. The molecule has 2 aromatic rings. The lowest BCUT2D eigenvalue weighted by molar-refractivity contribution is 0.0544. The zero-order chi connectivity index (χ0) is 16.8. The topological polar surface area (TPSA) is 69.9 Å². The molecule has 0 aliphatic carbocycles. The van der Waals surface area contributed by atoms with Crippen LogP contribution in [0.2, 0.25) is 0 Å². The number of ether oxygens (including phenoxy) is 3. The number of carboxylic acids is 1. The number of carbonyl (C=O) groups is 1. The minimum absolute atomic E-state index is 0.273. The van der Waals surface area contributed by atoms with Gasteiger partial charge in [0.2, 0.25) is 0 Å². The summed E-state index contributed by atoms with van der Waals surface area (Å²) in [6, 6.07) is 5.51. The van der Waals surface area contributed by atoms with Crippen molar-refractivity contribution < 1.29 is 24.1 Å². The number of hydrogen-bond acceptors (Lipinski definition) is 4. The van der Waals surface area contributed by atoms with E-state index < -0.39 is 5.97 Å². The third kappa shape index (κ3) is 4.03. The molecule has 2 rings (SSSR count). The molecule has 0 saturated heterocycles. The van der Waals surface area contributed by atoms with Crippen LogP contribution in [-0.2, 0) is 22.9 Å². The molecule has 0 saturated carbocycles. The second kappa shape index (κ2) is 7.99. The molecule has 0 radical (unpaired) electrons. The average molecular weight is 321 g/mol. The summed E-state index contributed by atoms with van der Waals surface area (Å²) in [5, 5.41) is 10.1. The molecular formula is C17H23NO5. The van der Waals surface area contributed by atoms with Gasteiger partial charge in [-0.15, -0.1) is 0 Å². The van der Waals surface area contributed by atoms with Gasteiger partial charge in [0.25, 0.3) is 0 Å². The van der Waals surface area contributed by atoms with Crippen LogP contribution >= 0.6 is 0 Å². The van der Waals surface area contributed by atoms with Gasteiger partial charge in [0.15, 0.2) is 0 Å². The lowest BCUT2D eigenvalue weighted by atomic mass is 10.1. The summed E-state index contributed by atoms with van der Waals surface area (Å²) < 4.78 is 17.7. The first kappa shape index (κ1) is 17.3. The lowest BCUT2D eigenvalue weighted by Gasteiger charge is -2.10. The maximum atomic E-state index is 11.3. The molecule has 1 aromatic carbocycles. The van der Waals surface area contributed by atoms with E-state index in [4.69, 9.17) is 14.2 Å². The highest BCUT2D eigenvalue weighted by atomic mass is 16.5. The molecule has 1 N–H and O–H groups in total. The van der Waals surface area contributed by atoms with Crippen LogP contribution in [0.4, 0.5) is 0 Å². The van der Waals surface area contributed by atoms with E-state index in [1.165, 1.54) is 0 Å². The summed E-state index contributed by atoms with van der Waals surface area (Å²) in [5.41, 5.74) is 2.27. The van der Waals surface area contributed by atoms with Crippen molar-refractivity contribution in [1.29, 1.82) is 0 Å². The van der Waals surface area contributed by atoms with Crippen LogP contribution in [0.1, 0.15) is 23.0 Å². The van der Waals surface area contributed by atoms with Crippen LogP contribution in [0.3, 0.4) is 0 Å². The lowest BCUT2D eigenvalue weighted by Crippen LogP contribution is -2.10. The normalized spacial score (nSPS) is 11.1. The fourth-order valence-electron chi connectivity index (χ4n) is 2.59. The van der Waals surface area contributed by atoms with E-state index in [1.54, 1.807) is 24.8 Å². The Labute approximate surface area is 135 Å². The highest BCUT2D eigenvalue weighted by Crippen LogP contribution is 2.28. The fourth-order valence-corrected chi connectivity index (χ4v) is 2.59. The first-order valence-corrected chi connectivity index (χ1v) is 7.63. The molecule has 1 heterocycles. The second-order valence-electron chi connectivity index (χ2n) is 5.22. The highest BCUT2D eigenvalue weighted by Gasteiger charge is 2.15. The molecule has 0 bridgehead atoms. The zero-order valence-electron chi connectivity index (χ0n) is 13.8. The molecule has 0 aliphatic rings. The van der Waals surface area contributed by atoms with Crippen LogP contribution in [0.25, 0.3) is 10.9 Å². The molecule has 6 nitrogen and oxygen atoms in total.